The molecular weight excluding hydrogens is 222 g/mol. The van der Waals surface area contributed by atoms with Gasteiger partial charge in [-0.2, -0.15) is 11.8 Å². The van der Waals surface area contributed by atoms with E-state index in [0.29, 0.717) is 22.5 Å². The van der Waals surface area contributed by atoms with Crippen molar-refractivity contribution in [2.75, 3.05) is 19.4 Å². The van der Waals surface area contributed by atoms with Crippen LogP contribution in [0, 0.1) is 5.41 Å². The molecule has 1 aliphatic rings. The molecule has 1 rings (SSSR count). The first-order valence-electron chi connectivity index (χ1n) is 6.06. The summed E-state index contributed by atoms with van der Waals surface area (Å²) in [5, 5.41) is 22.1. The van der Waals surface area contributed by atoms with Crippen molar-refractivity contribution in [3.8, 4) is 0 Å². The summed E-state index contributed by atoms with van der Waals surface area (Å²) in [6.45, 7) is 4.50. The van der Waals surface area contributed by atoms with E-state index in [1.165, 1.54) is 19.3 Å². The highest BCUT2D eigenvalue weighted by atomic mass is 32.2. The van der Waals surface area contributed by atoms with E-state index >= 15 is 0 Å². The molecule has 0 radical (unpaired) electrons. The summed E-state index contributed by atoms with van der Waals surface area (Å²) in [7, 11) is 2.01. The van der Waals surface area contributed by atoms with Gasteiger partial charge in [0.25, 0.3) is 0 Å². The number of rotatable bonds is 5. The monoisotopic (exact) mass is 247 g/mol. The van der Waals surface area contributed by atoms with E-state index in [1.54, 1.807) is 11.8 Å². The van der Waals surface area contributed by atoms with Gasteiger partial charge in [-0.3, -0.25) is 0 Å². The average molecular weight is 247 g/mol. The minimum Gasteiger partial charge on any atom is -0.394 e. The normalized spacial score (nSPS) is 31.3. The van der Waals surface area contributed by atoms with Gasteiger partial charge in [0.2, 0.25) is 0 Å². The number of aliphatic hydroxyl groups is 2. The maximum Gasteiger partial charge on any atom is 0.0861 e. The van der Waals surface area contributed by atoms with Crippen LogP contribution in [0.15, 0.2) is 0 Å². The van der Waals surface area contributed by atoms with Gasteiger partial charge in [0, 0.05) is 17.0 Å². The van der Waals surface area contributed by atoms with Gasteiger partial charge < -0.3 is 15.5 Å². The largest absolute Gasteiger partial charge is 0.394 e. The molecule has 0 aromatic heterocycles. The fraction of sp³-hybridized carbons (Fsp3) is 1.00. The molecule has 1 aliphatic carbocycles. The fourth-order valence-electron chi connectivity index (χ4n) is 2.31. The molecule has 3 atom stereocenters. The lowest BCUT2D eigenvalue weighted by Crippen LogP contribution is -2.43. The van der Waals surface area contributed by atoms with E-state index in [0.717, 1.165) is 0 Å². The first-order valence-corrected chi connectivity index (χ1v) is 7.11. The van der Waals surface area contributed by atoms with Crippen molar-refractivity contribution >= 4 is 11.8 Å². The van der Waals surface area contributed by atoms with Gasteiger partial charge in [0.1, 0.15) is 0 Å². The summed E-state index contributed by atoms with van der Waals surface area (Å²) < 4.78 is 0. The van der Waals surface area contributed by atoms with E-state index in [2.05, 4.69) is 19.2 Å². The Morgan fingerprint density at radius 1 is 1.50 bits per heavy atom. The maximum atomic E-state index is 9.39. The van der Waals surface area contributed by atoms with Crippen LogP contribution >= 0.6 is 11.8 Å². The van der Waals surface area contributed by atoms with Crippen LogP contribution in [0.4, 0.5) is 0 Å². The van der Waals surface area contributed by atoms with Crippen LogP contribution in [0.5, 0.6) is 0 Å². The van der Waals surface area contributed by atoms with E-state index < -0.39 is 6.10 Å². The Hall–Kier alpha value is 0.230. The number of hydrogen-bond donors (Lipinski definition) is 3. The molecule has 4 heteroatoms. The van der Waals surface area contributed by atoms with Crippen LogP contribution in [-0.2, 0) is 0 Å². The second-order valence-electron chi connectivity index (χ2n) is 5.51. The Bertz CT molecular complexity index is 211. The lowest BCUT2D eigenvalue weighted by molar-refractivity contribution is 0.113. The molecule has 0 spiro atoms. The molecule has 16 heavy (non-hydrogen) atoms. The lowest BCUT2D eigenvalue weighted by Gasteiger charge is -2.40. The minimum absolute atomic E-state index is 0.132. The average Bonchev–Trinajstić information content (AvgIpc) is 2.25. The molecule has 0 aromatic carbocycles. The zero-order chi connectivity index (χ0) is 12.2. The van der Waals surface area contributed by atoms with Crippen LogP contribution in [0.2, 0.25) is 0 Å². The highest BCUT2D eigenvalue weighted by Crippen LogP contribution is 2.40. The van der Waals surface area contributed by atoms with Gasteiger partial charge in [-0.1, -0.05) is 13.8 Å². The van der Waals surface area contributed by atoms with Crippen LogP contribution in [-0.4, -0.2) is 47.0 Å². The summed E-state index contributed by atoms with van der Waals surface area (Å²) in [5.74, 6) is 0.634. The van der Waals surface area contributed by atoms with E-state index in [-0.39, 0.29) is 6.61 Å². The first-order chi connectivity index (χ1) is 7.48. The molecule has 0 heterocycles. The topological polar surface area (TPSA) is 52.5 Å². The van der Waals surface area contributed by atoms with Crippen LogP contribution < -0.4 is 5.32 Å². The molecule has 0 aromatic rings. The predicted molar refractivity (Wildman–Crippen MR) is 69.8 cm³/mol. The smallest absolute Gasteiger partial charge is 0.0861 e. The van der Waals surface area contributed by atoms with E-state index in [4.69, 9.17) is 5.11 Å². The van der Waals surface area contributed by atoms with Gasteiger partial charge in [0.15, 0.2) is 0 Å². The molecule has 1 saturated carbocycles. The SMILES string of the molecule is CNC1CCC(C)(C)CC1SCC(O)CO. The molecule has 3 N–H and O–H groups in total. The highest BCUT2D eigenvalue weighted by molar-refractivity contribution is 8.00. The number of nitrogens with one attached hydrogen (secondary N) is 1. The van der Waals surface area contributed by atoms with Crippen molar-refractivity contribution < 1.29 is 10.2 Å². The number of aliphatic hydroxyl groups excluding tert-OH is 2. The second-order valence-corrected chi connectivity index (χ2v) is 6.78. The van der Waals surface area contributed by atoms with Crippen LogP contribution in [0.3, 0.4) is 0 Å². The molecule has 0 bridgehead atoms. The Kier molecular flexibility index (Phi) is 5.57. The standard InChI is InChI=1S/C12H25NO2S/c1-12(2)5-4-10(13-3)11(6-12)16-8-9(15)7-14/h9-11,13-15H,4-8H2,1-3H3. The van der Waals surface area contributed by atoms with Gasteiger partial charge in [0.05, 0.1) is 12.7 Å². The summed E-state index contributed by atoms with van der Waals surface area (Å²) in [4.78, 5) is 0. The van der Waals surface area contributed by atoms with Gasteiger partial charge in [-0.25, -0.2) is 0 Å². The van der Waals surface area contributed by atoms with Crippen molar-refractivity contribution in [1.29, 1.82) is 0 Å². The molecule has 1 fully saturated rings. The van der Waals surface area contributed by atoms with Crippen molar-refractivity contribution in [3.05, 3.63) is 0 Å². The van der Waals surface area contributed by atoms with Crippen LogP contribution in [0.25, 0.3) is 0 Å². The Balaban J connectivity index is 2.45. The minimum atomic E-state index is -0.576. The van der Waals surface area contributed by atoms with Crippen molar-refractivity contribution in [2.45, 2.75) is 50.5 Å². The zero-order valence-corrected chi connectivity index (χ0v) is 11.4. The van der Waals surface area contributed by atoms with Crippen molar-refractivity contribution in [1.82, 2.24) is 5.32 Å². The summed E-state index contributed by atoms with van der Waals surface area (Å²) >= 11 is 1.79. The third-order valence-electron chi connectivity index (χ3n) is 3.42. The van der Waals surface area contributed by atoms with Gasteiger partial charge >= 0.3 is 0 Å². The summed E-state index contributed by atoms with van der Waals surface area (Å²) in [6, 6.07) is 0.545. The molecule has 0 amide bonds. The Labute approximate surface area is 103 Å². The maximum absolute atomic E-state index is 9.39. The number of thioether (sulfide) groups is 1. The summed E-state index contributed by atoms with van der Waals surface area (Å²) in [6.07, 6.45) is 3.07. The highest BCUT2D eigenvalue weighted by Gasteiger charge is 2.34. The molecule has 0 saturated heterocycles. The number of hydrogen-bond acceptors (Lipinski definition) is 4. The van der Waals surface area contributed by atoms with Crippen molar-refractivity contribution in [2.24, 2.45) is 5.41 Å². The zero-order valence-electron chi connectivity index (χ0n) is 10.6. The van der Waals surface area contributed by atoms with Crippen molar-refractivity contribution in [3.63, 3.8) is 0 Å². The third kappa shape index (κ3) is 4.24. The Morgan fingerprint density at radius 3 is 2.75 bits per heavy atom. The molecule has 96 valence electrons. The third-order valence-corrected chi connectivity index (χ3v) is 4.92. The molecule has 3 unspecified atom stereocenters. The molecule has 3 nitrogen and oxygen atoms in total. The fourth-order valence-corrected chi connectivity index (χ4v) is 3.96. The summed E-state index contributed by atoms with van der Waals surface area (Å²) in [5.41, 5.74) is 0.412. The van der Waals surface area contributed by atoms with E-state index in [9.17, 15) is 5.11 Å². The van der Waals surface area contributed by atoms with E-state index in [1.807, 2.05) is 7.05 Å². The quantitative estimate of drug-likeness (QED) is 0.684. The molecule has 0 aliphatic heterocycles. The first kappa shape index (κ1) is 14.3. The van der Waals surface area contributed by atoms with Gasteiger partial charge in [-0.15, -0.1) is 0 Å². The molecular formula is C12H25NO2S. The Morgan fingerprint density at radius 2 is 2.19 bits per heavy atom. The lowest BCUT2D eigenvalue weighted by atomic mass is 9.75. The second kappa shape index (κ2) is 6.24. The predicted octanol–water partition coefficient (Wildman–Crippen LogP) is 1.24. The van der Waals surface area contributed by atoms with Crippen LogP contribution in [0.1, 0.15) is 33.1 Å². The van der Waals surface area contributed by atoms with Gasteiger partial charge in [-0.05, 0) is 31.7 Å².